The Labute approximate surface area is 141 Å². The van der Waals surface area contributed by atoms with Crippen molar-refractivity contribution in [2.45, 2.75) is 26.1 Å². The quantitative estimate of drug-likeness (QED) is 0.648. The molecule has 0 spiro atoms. The van der Waals surface area contributed by atoms with Crippen molar-refractivity contribution in [3.63, 3.8) is 0 Å². The Morgan fingerprint density at radius 2 is 1.72 bits per heavy atom. The number of hydrogen-bond donors (Lipinski definition) is 0. The van der Waals surface area contributed by atoms with Crippen LogP contribution in [-0.4, -0.2) is 6.10 Å². The number of rotatable bonds is 3. The predicted molar refractivity (Wildman–Crippen MR) is 88.7 cm³/mol. The summed E-state index contributed by atoms with van der Waals surface area (Å²) in [5, 5.41) is 0.341. The molecule has 2 aromatic carbocycles. The highest BCUT2D eigenvalue weighted by molar-refractivity contribution is 5.82. The standard InChI is InChI=1S/C19H15F3O3/c1-11(2)25-14-7-8-15-17(9-14)24-10-16(18(15)23)12-3-5-13(6-4-12)19(20,21)22/h3-11H,1-2H3. The fraction of sp³-hybridized carbons (Fsp3) is 0.211. The van der Waals surface area contributed by atoms with Gasteiger partial charge >= 0.3 is 6.18 Å². The third-order valence-electron chi connectivity index (χ3n) is 3.64. The fourth-order valence-electron chi connectivity index (χ4n) is 2.49. The van der Waals surface area contributed by atoms with Crippen LogP contribution in [0.15, 0.2) is 57.9 Å². The molecule has 0 aliphatic rings. The van der Waals surface area contributed by atoms with Crippen LogP contribution in [0, 0.1) is 0 Å². The van der Waals surface area contributed by atoms with Crippen LogP contribution in [0.5, 0.6) is 5.75 Å². The first kappa shape index (κ1) is 17.1. The van der Waals surface area contributed by atoms with Gasteiger partial charge in [-0.2, -0.15) is 13.2 Å². The molecule has 3 nitrogen and oxygen atoms in total. The highest BCUT2D eigenvalue weighted by Gasteiger charge is 2.30. The molecule has 3 rings (SSSR count). The van der Waals surface area contributed by atoms with Crippen molar-refractivity contribution < 1.29 is 22.3 Å². The average molecular weight is 348 g/mol. The smallest absolute Gasteiger partial charge is 0.416 e. The zero-order chi connectivity index (χ0) is 18.2. The van der Waals surface area contributed by atoms with Gasteiger partial charge in [-0.05, 0) is 43.7 Å². The lowest BCUT2D eigenvalue weighted by molar-refractivity contribution is -0.137. The van der Waals surface area contributed by atoms with Crippen molar-refractivity contribution in [3.05, 3.63) is 64.5 Å². The summed E-state index contributed by atoms with van der Waals surface area (Å²) in [7, 11) is 0. The number of fused-ring (bicyclic) bond motifs is 1. The molecule has 1 aromatic heterocycles. The summed E-state index contributed by atoms with van der Waals surface area (Å²) in [6.07, 6.45) is -3.18. The number of alkyl halides is 3. The number of hydrogen-bond acceptors (Lipinski definition) is 3. The Kier molecular flexibility index (Phi) is 4.29. The molecule has 0 atom stereocenters. The third-order valence-corrected chi connectivity index (χ3v) is 3.64. The van der Waals surface area contributed by atoms with E-state index in [1.54, 1.807) is 18.2 Å². The molecule has 0 fully saturated rings. The van der Waals surface area contributed by atoms with Gasteiger partial charge in [-0.3, -0.25) is 4.79 Å². The summed E-state index contributed by atoms with van der Waals surface area (Å²) < 4.78 is 49.0. The highest BCUT2D eigenvalue weighted by Crippen LogP contribution is 2.31. The Balaban J connectivity index is 2.03. The Morgan fingerprint density at radius 3 is 2.32 bits per heavy atom. The van der Waals surface area contributed by atoms with Crippen LogP contribution in [0.2, 0.25) is 0 Å². The molecule has 0 aliphatic heterocycles. The first-order valence-corrected chi connectivity index (χ1v) is 7.65. The maximum absolute atomic E-state index is 12.6. The average Bonchev–Trinajstić information content (AvgIpc) is 2.54. The number of ether oxygens (including phenoxy) is 1. The lowest BCUT2D eigenvalue weighted by atomic mass is 10.0. The van der Waals surface area contributed by atoms with Gasteiger partial charge < -0.3 is 9.15 Å². The Bertz CT molecular complexity index is 954. The highest BCUT2D eigenvalue weighted by atomic mass is 19.4. The molecule has 25 heavy (non-hydrogen) atoms. The third kappa shape index (κ3) is 3.52. The summed E-state index contributed by atoms with van der Waals surface area (Å²) >= 11 is 0. The van der Waals surface area contributed by atoms with Gasteiger partial charge in [-0.25, -0.2) is 0 Å². The Hall–Kier alpha value is -2.76. The monoisotopic (exact) mass is 348 g/mol. The van der Waals surface area contributed by atoms with Crippen molar-refractivity contribution in [2.24, 2.45) is 0 Å². The minimum Gasteiger partial charge on any atom is -0.491 e. The van der Waals surface area contributed by atoms with Gasteiger partial charge in [0.15, 0.2) is 5.43 Å². The van der Waals surface area contributed by atoms with Crippen LogP contribution >= 0.6 is 0 Å². The molecule has 0 unspecified atom stereocenters. The van der Waals surface area contributed by atoms with Gasteiger partial charge in [0, 0.05) is 6.07 Å². The molecule has 0 saturated heterocycles. The van der Waals surface area contributed by atoms with Crippen LogP contribution in [0.4, 0.5) is 13.2 Å². The summed E-state index contributed by atoms with van der Waals surface area (Å²) in [6, 6.07) is 9.28. The maximum atomic E-state index is 12.6. The second kappa shape index (κ2) is 6.27. The van der Waals surface area contributed by atoms with Crippen molar-refractivity contribution in [1.29, 1.82) is 0 Å². The van der Waals surface area contributed by atoms with Crippen molar-refractivity contribution in [3.8, 4) is 16.9 Å². The van der Waals surface area contributed by atoms with Crippen LogP contribution < -0.4 is 10.2 Å². The van der Waals surface area contributed by atoms with E-state index < -0.39 is 11.7 Å². The molecule has 0 radical (unpaired) electrons. The largest absolute Gasteiger partial charge is 0.491 e. The van der Waals surface area contributed by atoms with E-state index in [-0.39, 0.29) is 17.1 Å². The molecule has 0 aliphatic carbocycles. The van der Waals surface area contributed by atoms with E-state index in [2.05, 4.69) is 0 Å². The first-order chi connectivity index (χ1) is 11.8. The zero-order valence-electron chi connectivity index (χ0n) is 13.6. The molecule has 0 amide bonds. The van der Waals surface area contributed by atoms with Gasteiger partial charge in [0.2, 0.25) is 0 Å². The van der Waals surface area contributed by atoms with Crippen LogP contribution in [-0.2, 0) is 6.18 Å². The minimum absolute atomic E-state index is 0.0180. The molecule has 0 N–H and O–H groups in total. The van der Waals surface area contributed by atoms with Crippen molar-refractivity contribution in [1.82, 2.24) is 0 Å². The van der Waals surface area contributed by atoms with Gasteiger partial charge in [0.05, 0.1) is 22.6 Å². The lowest BCUT2D eigenvalue weighted by Crippen LogP contribution is -2.08. The lowest BCUT2D eigenvalue weighted by Gasteiger charge is -2.10. The van der Waals surface area contributed by atoms with E-state index in [9.17, 15) is 18.0 Å². The van der Waals surface area contributed by atoms with E-state index in [4.69, 9.17) is 9.15 Å². The second-order valence-electron chi connectivity index (χ2n) is 5.88. The van der Waals surface area contributed by atoms with Crippen LogP contribution in [0.3, 0.4) is 0 Å². The predicted octanol–water partition coefficient (Wildman–Crippen LogP) is 5.27. The molecular formula is C19H15F3O3. The van der Waals surface area contributed by atoms with Gasteiger partial charge in [-0.15, -0.1) is 0 Å². The van der Waals surface area contributed by atoms with E-state index >= 15 is 0 Å². The van der Waals surface area contributed by atoms with Gasteiger partial charge in [0.25, 0.3) is 0 Å². The minimum atomic E-state index is -4.42. The van der Waals surface area contributed by atoms with Crippen LogP contribution in [0.1, 0.15) is 19.4 Å². The molecule has 130 valence electrons. The van der Waals surface area contributed by atoms with E-state index in [0.717, 1.165) is 12.1 Å². The summed E-state index contributed by atoms with van der Waals surface area (Å²) in [5.41, 5.74) is -0.141. The fourth-order valence-corrected chi connectivity index (χ4v) is 2.49. The van der Waals surface area contributed by atoms with Crippen molar-refractivity contribution in [2.75, 3.05) is 0 Å². The Morgan fingerprint density at radius 1 is 1.04 bits per heavy atom. The second-order valence-corrected chi connectivity index (χ2v) is 5.88. The topological polar surface area (TPSA) is 39.4 Å². The zero-order valence-corrected chi connectivity index (χ0v) is 13.6. The summed E-state index contributed by atoms with van der Waals surface area (Å²) in [4.78, 5) is 12.6. The first-order valence-electron chi connectivity index (χ1n) is 7.65. The molecule has 1 heterocycles. The molecular weight excluding hydrogens is 333 g/mol. The van der Waals surface area contributed by atoms with E-state index in [1.807, 2.05) is 13.8 Å². The molecule has 3 aromatic rings. The molecule has 6 heteroatoms. The number of halogens is 3. The normalized spacial score (nSPS) is 11.9. The summed E-state index contributed by atoms with van der Waals surface area (Å²) in [5.74, 6) is 0.577. The van der Waals surface area contributed by atoms with Crippen LogP contribution in [0.25, 0.3) is 22.1 Å². The van der Waals surface area contributed by atoms with Crippen molar-refractivity contribution >= 4 is 11.0 Å². The molecule has 0 saturated carbocycles. The SMILES string of the molecule is CC(C)Oc1ccc2c(=O)c(-c3ccc(C(F)(F)F)cc3)coc2c1. The van der Waals surface area contributed by atoms with Gasteiger partial charge in [-0.1, -0.05) is 12.1 Å². The maximum Gasteiger partial charge on any atom is 0.416 e. The van der Waals surface area contributed by atoms with E-state index in [0.29, 0.717) is 22.3 Å². The summed E-state index contributed by atoms with van der Waals surface area (Å²) in [6.45, 7) is 3.77. The molecule has 0 bridgehead atoms. The van der Waals surface area contributed by atoms with Gasteiger partial charge in [0.1, 0.15) is 17.6 Å². The van der Waals surface area contributed by atoms with E-state index in [1.165, 1.54) is 18.4 Å². The number of benzene rings is 2.